The number of aliphatic hydroxyl groups excluding tert-OH is 1. The average Bonchev–Trinajstić information content (AvgIpc) is 2.21. The molecule has 0 aliphatic rings. The highest BCUT2D eigenvalue weighted by atomic mass is 16.2. The highest BCUT2D eigenvalue weighted by molar-refractivity contribution is 4.74. The highest BCUT2D eigenvalue weighted by Gasteiger charge is 2.17. The summed E-state index contributed by atoms with van der Waals surface area (Å²) in [6.07, 6.45) is 4.56. The zero-order valence-electron chi connectivity index (χ0n) is 11.8. The summed E-state index contributed by atoms with van der Waals surface area (Å²) in [5.41, 5.74) is 0.300. The van der Waals surface area contributed by atoms with Crippen molar-refractivity contribution < 1.29 is 5.11 Å². The molecule has 0 aliphatic heterocycles. The van der Waals surface area contributed by atoms with E-state index >= 15 is 0 Å². The smallest absolute Gasteiger partial charge is 0.0431 e. The molecular weight excluding hydrogens is 198 g/mol. The minimum atomic E-state index is 0.300. The second-order valence-electron chi connectivity index (χ2n) is 6.24. The number of rotatable bonds is 9. The van der Waals surface area contributed by atoms with Crippen molar-refractivity contribution >= 4 is 0 Å². The Morgan fingerprint density at radius 2 is 1.75 bits per heavy atom. The molecule has 0 amide bonds. The molecule has 0 saturated heterocycles. The van der Waals surface area contributed by atoms with Crippen LogP contribution in [0.5, 0.6) is 0 Å². The van der Waals surface area contributed by atoms with Crippen LogP contribution >= 0.6 is 0 Å². The molecule has 1 atom stereocenters. The van der Waals surface area contributed by atoms with Crippen LogP contribution in [0.3, 0.4) is 0 Å². The molecule has 2 N–H and O–H groups in total. The molecule has 0 saturated carbocycles. The van der Waals surface area contributed by atoms with Crippen molar-refractivity contribution in [3.63, 3.8) is 0 Å². The second-order valence-corrected chi connectivity index (χ2v) is 6.24. The Bertz CT molecular complexity index is 166. The van der Waals surface area contributed by atoms with Crippen LogP contribution in [-0.4, -0.2) is 24.3 Å². The average molecular weight is 229 g/mol. The van der Waals surface area contributed by atoms with E-state index < -0.39 is 0 Å². The minimum Gasteiger partial charge on any atom is -0.396 e. The Balaban J connectivity index is 3.67. The maximum Gasteiger partial charge on any atom is 0.0431 e. The molecule has 16 heavy (non-hydrogen) atoms. The highest BCUT2D eigenvalue weighted by Crippen LogP contribution is 2.21. The van der Waals surface area contributed by atoms with Crippen LogP contribution < -0.4 is 5.32 Å². The summed E-state index contributed by atoms with van der Waals surface area (Å²) in [5.74, 6) is 0.798. The maximum absolute atomic E-state index is 8.83. The van der Waals surface area contributed by atoms with E-state index in [1.807, 2.05) is 0 Å². The molecule has 0 heterocycles. The Hall–Kier alpha value is -0.0800. The Kier molecular flexibility index (Phi) is 8.04. The van der Waals surface area contributed by atoms with E-state index in [9.17, 15) is 0 Å². The van der Waals surface area contributed by atoms with Gasteiger partial charge in [-0.3, -0.25) is 0 Å². The number of nitrogens with one attached hydrogen (secondary N) is 1. The van der Waals surface area contributed by atoms with Gasteiger partial charge < -0.3 is 10.4 Å². The SMILES string of the molecule is CC(C)CCC(C)NCC(C)(C)CCCO. The molecule has 0 spiro atoms. The summed E-state index contributed by atoms with van der Waals surface area (Å²) in [6, 6.07) is 0.607. The fraction of sp³-hybridized carbons (Fsp3) is 1.00. The summed E-state index contributed by atoms with van der Waals surface area (Å²) in [5, 5.41) is 12.4. The van der Waals surface area contributed by atoms with Gasteiger partial charge >= 0.3 is 0 Å². The molecule has 1 unspecified atom stereocenters. The van der Waals surface area contributed by atoms with Gasteiger partial charge in [0.05, 0.1) is 0 Å². The normalized spacial score (nSPS) is 14.4. The molecule has 2 heteroatoms. The zero-order valence-corrected chi connectivity index (χ0v) is 11.8. The lowest BCUT2D eigenvalue weighted by molar-refractivity contribution is 0.231. The van der Waals surface area contributed by atoms with Gasteiger partial charge in [0.15, 0.2) is 0 Å². The predicted octanol–water partition coefficient (Wildman–Crippen LogP) is 3.20. The summed E-state index contributed by atoms with van der Waals surface area (Å²) >= 11 is 0. The van der Waals surface area contributed by atoms with Gasteiger partial charge in [0.1, 0.15) is 0 Å². The summed E-state index contributed by atoms with van der Waals surface area (Å²) in [7, 11) is 0. The largest absolute Gasteiger partial charge is 0.396 e. The second kappa shape index (κ2) is 8.08. The first-order chi connectivity index (χ1) is 7.37. The number of aliphatic hydroxyl groups is 1. The van der Waals surface area contributed by atoms with Crippen molar-refractivity contribution in [2.75, 3.05) is 13.2 Å². The fourth-order valence-electron chi connectivity index (χ4n) is 1.78. The topological polar surface area (TPSA) is 32.3 Å². The van der Waals surface area contributed by atoms with E-state index in [-0.39, 0.29) is 0 Å². The van der Waals surface area contributed by atoms with Gasteiger partial charge in [-0.25, -0.2) is 0 Å². The van der Waals surface area contributed by atoms with Gasteiger partial charge in [-0.05, 0) is 43.9 Å². The van der Waals surface area contributed by atoms with Crippen molar-refractivity contribution in [1.82, 2.24) is 5.32 Å². The van der Waals surface area contributed by atoms with E-state index in [4.69, 9.17) is 5.11 Å². The molecule has 98 valence electrons. The first kappa shape index (κ1) is 15.9. The van der Waals surface area contributed by atoms with Crippen molar-refractivity contribution in [2.24, 2.45) is 11.3 Å². The van der Waals surface area contributed by atoms with E-state index in [1.165, 1.54) is 12.8 Å². The lowest BCUT2D eigenvalue weighted by Gasteiger charge is -2.27. The molecule has 0 rings (SSSR count). The zero-order chi connectivity index (χ0) is 12.6. The molecule has 0 aliphatic carbocycles. The maximum atomic E-state index is 8.83. The first-order valence-corrected chi connectivity index (χ1v) is 6.71. The van der Waals surface area contributed by atoms with E-state index in [0.29, 0.717) is 18.1 Å². The monoisotopic (exact) mass is 229 g/mol. The quantitative estimate of drug-likeness (QED) is 0.636. The Labute approximate surface area is 102 Å². The van der Waals surface area contributed by atoms with E-state index in [0.717, 1.165) is 25.3 Å². The minimum absolute atomic E-state index is 0.300. The van der Waals surface area contributed by atoms with Crippen LogP contribution in [0.4, 0.5) is 0 Å². The van der Waals surface area contributed by atoms with Crippen molar-refractivity contribution in [2.45, 2.75) is 66.3 Å². The fourth-order valence-corrected chi connectivity index (χ4v) is 1.78. The number of hydrogen-bond acceptors (Lipinski definition) is 2. The number of hydrogen-bond donors (Lipinski definition) is 2. The van der Waals surface area contributed by atoms with Gasteiger partial charge in [-0.2, -0.15) is 0 Å². The lowest BCUT2D eigenvalue weighted by Crippen LogP contribution is -2.35. The molecule has 0 radical (unpaired) electrons. The molecule has 2 nitrogen and oxygen atoms in total. The van der Waals surface area contributed by atoms with Crippen molar-refractivity contribution in [3.8, 4) is 0 Å². The van der Waals surface area contributed by atoms with Crippen LogP contribution in [0.15, 0.2) is 0 Å². The van der Waals surface area contributed by atoms with Gasteiger partial charge in [0, 0.05) is 19.2 Å². The van der Waals surface area contributed by atoms with Crippen molar-refractivity contribution in [3.05, 3.63) is 0 Å². The van der Waals surface area contributed by atoms with Crippen LogP contribution in [0.25, 0.3) is 0 Å². The van der Waals surface area contributed by atoms with Crippen LogP contribution in [0.1, 0.15) is 60.3 Å². The van der Waals surface area contributed by atoms with E-state index in [2.05, 4.69) is 39.9 Å². The van der Waals surface area contributed by atoms with Crippen LogP contribution in [0, 0.1) is 11.3 Å². The van der Waals surface area contributed by atoms with Gasteiger partial charge in [0.2, 0.25) is 0 Å². The molecular formula is C14H31NO. The van der Waals surface area contributed by atoms with Crippen LogP contribution in [0.2, 0.25) is 0 Å². The Morgan fingerprint density at radius 3 is 2.25 bits per heavy atom. The summed E-state index contributed by atoms with van der Waals surface area (Å²) in [4.78, 5) is 0. The van der Waals surface area contributed by atoms with Gasteiger partial charge in [-0.1, -0.05) is 27.7 Å². The third kappa shape index (κ3) is 9.17. The molecule has 0 aromatic heterocycles. The summed E-state index contributed by atoms with van der Waals surface area (Å²) < 4.78 is 0. The molecule has 0 aromatic carbocycles. The standard InChI is InChI=1S/C14H31NO/c1-12(2)7-8-13(3)15-11-14(4,5)9-6-10-16/h12-13,15-16H,6-11H2,1-5H3. The van der Waals surface area contributed by atoms with Gasteiger partial charge in [-0.15, -0.1) is 0 Å². The Morgan fingerprint density at radius 1 is 1.12 bits per heavy atom. The van der Waals surface area contributed by atoms with Crippen LogP contribution in [-0.2, 0) is 0 Å². The summed E-state index contributed by atoms with van der Waals surface area (Å²) in [6.45, 7) is 12.7. The third-order valence-corrected chi connectivity index (χ3v) is 3.12. The molecule has 0 aromatic rings. The molecule has 0 fully saturated rings. The van der Waals surface area contributed by atoms with Crippen molar-refractivity contribution in [1.29, 1.82) is 0 Å². The first-order valence-electron chi connectivity index (χ1n) is 6.71. The van der Waals surface area contributed by atoms with Gasteiger partial charge in [0.25, 0.3) is 0 Å². The predicted molar refractivity (Wildman–Crippen MR) is 71.6 cm³/mol. The lowest BCUT2D eigenvalue weighted by atomic mass is 9.87. The van der Waals surface area contributed by atoms with E-state index in [1.54, 1.807) is 0 Å². The molecule has 0 bridgehead atoms. The third-order valence-electron chi connectivity index (χ3n) is 3.12.